The molecule has 1 heterocycles. The van der Waals surface area contributed by atoms with Gasteiger partial charge in [0.1, 0.15) is 0 Å². The standard InChI is InChI=1S/C25H26N2O3/c1-16-12-17(2)14-18(13-16)26-23(28)15-30-25(29)24-19-8-4-3-5-10-21(19)27-22-11-7-6-9-20(22)24/h6-7,9,11-14H,3-5,8,10,15H2,1-2H3,(H,26,28). The van der Waals surface area contributed by atoms with Crippen LogP contribution >= 0.6 is 0 Å². The lowest BCUT2D eigenvalue weighted by atomic mass is 9.97. The Bertz CT molecular complexity index is 1100. The van der Waals surface area contributed by atoms with Gasteiger partial charge in [0.2, 0.25) is 0 Å². The Morgan fingerprint density at radius 3 is 2.53 bits per heavy atom. The molecule has 0 aliphatic heterocycles. The first-order valence-corrected chi connectivity index (χ1v) is 10.5. The largest absolute Gasteiger partial charge is 0.452 e. The summed E-state index contributed by atoms with van der Waals surface area (Å²) in [7, 11) is 0. The second kappa shape index (κ2) is 8.66. The zero-order valence-corrected chi connectivity index (χ0v) is 17.5. The number of carbonyl (C=O) groups excluding carboxylic acids is 2. The highest BCUT2D eigenvalue weighted by Gasteiger charge is 2.23. The van der Waals surface area contributed by atoms with Crippen LogP contribution in [0.25, 0.3) is 10.9 Å². The van der Waals surface area contributed by atoms with E-state index < -0.39 is 5.97 Å². The lowest BCUT2D eigenvalue weighted by Gasteiger charge is -2.15. The number of esters is 1. The van der Waals surface area contributed by atoms with Crippen molar-refractivity contribution >= 4 is 28.5 Å². The molecule has 30 heavy (non-hydrogen) atoms. The smallest absolute Gasteiger partial charge is 0.339 e. The highest BCUT2D eigenvalue weighted by molar-refractivity contribution is 6.06. The van der Waals surface area contributed by atoms with Gasteiger partial charge < -0.3 is 10.1 Å². The molecule has 0 unspecified atom stereocenters. The van der Waals surface area contributed by atoms with Crippen LogP contribution in [0.5, 0.6) is 0 Å². The lowest BCUT2D eigenvalue weighted by Crippen LogP contribution is -2.22. The number of para-hydroxylation sites is 1. The maximum atomic E-state index is 13.1. The molecule has 4 rings (SSSR count). The second-order valence-electron chi connectivity index (χ2n) is 7.99. The van der Waals surface area contributed by atoms with Gasteiger partial charge in [-0.15, -0.1) is 0 Å². The number of anilines is 1. The van der Waals surface area contributed by atoms with E-state index in [1.165, 1.54) is 0 Å². The van der Waals surface area contributed by atoms with Gasteiger partial charge in [-0.2, -0.15) is 0 Å². The number of aromatic nitrogens is 1. The molecule has 2 aromatic carbocycles. The van der Waals surface area contributed by atoms with Gasteiger partial charge in [0.05, 0.1) is 11.1 Å². The fourth-order valence-corrected chi connectivity index (χ4v) is 4.23. The first-order chi connectivity index (χ1) is 14.5. The molecule has 0 bridgehead atoms. The van der Waals surface area contributed by atoms with E-state index in [0.717, 1.165) is 65.4 Å². The summed E-state index contributed by atoms with van der Waals surface area (Å²) >= 11 is 0. The van der Waals surface area contributed by atoms with Crippen molar-refractivity contribution < 1.29 is 14.3 Å². The zero-order chi connectivity index (χ0) is 21.1. The summed E-state index contributed by atoms with van der Waals surface area (Å²) in [4.78, 5) is 30.3. The number of aryl methyl sites for hydroxylation is 3. The summed E-state index contributed by atoms with van der Waals surface area (Å²) in [5, 5.41) is 3.60. The average molecular weight is 402 g/mol. The van der Waals surface area contributed by atoms with E-state index in [0.29, 0.717) is 11.3 Å². The lowest BCUT2D eigenvalue weighted by molar-refractivity contribution is -0.119. The molecule has 0 saturated heterocycles. The summed E-state index contributed by atoms with van der Waals surface area (Å²) in [6.07, 6.45) is 4.91. The Kier molecular flexibility index (Phi) is 5.79. The molecular formula is C25H26N2O3. The molecule has 0 fully saturated rings. The van der Waals surface area contributed by atoms with Crippen LogP contribution in [0.3, 0.4) is 0 Å². The van der Waals surface area contributed by atoms with Crippen molar-refractivity contribution in [3.8, 4) is 0 Å². The number of rotatable bonds is 4. The molecule has 1 amide bonds. The van der Waals surface area contributed by atoms with Crippen molar-refractivity contribution in [1.29, 1.82) is 0 Å². The zero-order valence-electron chi connectivity index (χ0n) is 17.5. The third-order valence-electron chi connectivity index (χ3n) is 5.46. The monoisotopic (exact) mass is 402 g/mol. The van der Waals surface area contributed by atoms with Crippen LogP contribution in [-0.4, -0.2) is 23.5 Å². The third kappa shape index (κ3) is 4.35. The Labute approximate surface area is 176 Å². The Morgan fingerprint density at radius 1 is 1.00 bits per heavy atom. The molecule has 154 valence electrons. The first-order valence-electron chi connectivity index (χ1n) is 10.5. The summed E-state index contributed by atoms with van der Waals surface area (Å²) in [6, 6.07) is 13.5. The van der Waals surface area contributed by atoms with E-state index in [-0.39, 0.29) is 12.5 Å². The van der Waals surface area contributed by atoms with E-state index in [2.05, 4.69) is 5.32 Å². The molecule has 0 spiro atoms. The fourth-order valence-electron chi connectivity index (χ4n) is 4.23. The normalized spacial score (nSPS) is 13.4. The van der Waals surface area contributed by atoms with E-state index in [9.17, 15) is 9.59 Å². The number of carbonyl (C=O) groups is 2. The van der Waals surface area contributed by atoms with E-state index in [1.54, 1.807) is 0 Å². The molecule has 1 N–H and O–H groups in total. The van der Waals surface area contributed by atoms with Gasteiger partial charge in [0, 0.05) is 16.8 Å². The van der Waals surface area contributed by atoms with Crippen LogP contribution in [0.1, 0.15) is 52.0 Å². The predicted octanol–water partition coefficient (Wildman–Crippen LogP) is 4.92. The van der Waals surface area contributed by atoms with Gasteiger partial charge in [-0.05, 0) is 74.4 Å². The van der Waals surface area contributed by atoms with Gasteiger partial charge in [-0.25, -0.2) is 4.79 Å². The van der Waals surface area contributed by atoms with E-state index >= 15 is 0 Å². The minimum absolute atomic E-state index is 0.322. The molecule has 1 aromatic heterocycles. The molecule has 5 nitrogen and oxygen atoms in total. The molecule has 0 radical (unpaired) electrons. The van der Waals surface area contributed by atoms with Crippen molar-refractivity contribution in [3.63, 3.8) is 0 Å². The van der Waals surface area contributed by atoms with Crippen molar-refractivity contribution in [2.24, 2.45) is 0 Å². The van der Waals surface area contributed by atoms with E-state index in [1.807, 2.05) is 56.3 Å². The Balaban J connectivity index is 1.56. The number of ether oxygens (including phenoxy) is 1. The summed E-state index contributed by atoms with van der Waals surface area (Å²) < 4.78 is 5.46. The maximum absolute atomic E-state index is 13.1. The topological polar surface area (TPSA) is 68.3 Å². The Hall–Kier alpha value is -3.21. The van der Waals surface area contributed by atoms with Crippen molar-refractivity contribution in [2.75, 3.05) is 11.9 Å². The summed E-state index contributed by atoms with van der Waals surface area (Å²) in [5.41, 5.74) is 6.16. The van der Waals surface area contributed by atoms with Gasteiger partial charge in [-0.3, -0.25) is 9.78 Å². The quantitative estimate of drug-likeness (QED) is 0.497. The second-order valence-corrected chi connectivity index (χ2v) is 7.99. The van der Waals surface area contributed by atoms with Gasteiger partial charge >= 0.3 is 5.97 Å². The molecule has 0 atom stereocenters. The number of hydrogen-bond acceptors (Lipinski definition) is 4. The first kappa shape index (κ1) is 20.1. The molecular weight excluding hydrogens is 376 g/mol. The SMILES string of the molecule is Cc1cc(C)cc(NC(=O)COC(=O)c2c3c(nc4ccccc24)CCCCC3)c1. The van der Waals surface area contributed by atoms with Crippen LogP contribution in [0.15, 0.2) is 42.5 Å². The maximum Gasteiger partial charge on any atom is 0.339 e. The summed E-state index contributed by atoms with van der Waals surface area (Å²) in [5.74, 6) is -0.805. The highest BCUT2D eigenvalue weighted by atomic mass is 16.5. The van der Waals surface area contributed by atoms with Crippen molar-refractivity contribution in [1.82, 2.24) is 4.98 Å². The van der Waals surface area contributed by atoms with E-state index in [4.69, 9.17) is 9.72 Å². The summed E-state index contributed by atoms with van der Waals surface area (Å²) in [6.45, 7) is 3.63. The number of nitrogens with one attached hydrogen (secondary N) is 1. The molecule has 5 heteroatoms. The van der Waals surface area contributed by atoms with Crippen LogP contribution in [0.2, 0.25) is 0 Å². The van der Waals surface area contributed by atoms with Crippen molar-refractivity contribution in [3.05, 3.63) is 70.4 Å². The number of pyridine rings is 1. The predicted molar refractivity (Wildman–Crippen MR) is 118 cm³/mol. The minimum atomic E-state index is -0.456. The molecule has 0 saturated carbocycles. The van der Waals surface area contributed by atoms with Gasteiger partial charge in [-0.1, -0.05) is 30.7 Å². The molecule has 3 aromatic rings. The van der Waals surface area contributed by atoms with Crippen LogP contribution in [-0.2, 0) is 22.4 Å². The number of nitrogens with zero attached hydrogens (tertiary/aromatic N) is 1. The van der Waals surface area contributed by atoms with Crippen molar-refractivity contribution in [2.45, 2.75) is 46.0 Å². The molecule has 1 aliphatic rings. The number of fused-ring (bicyclic) bond motifs is 2. The third-order valence-corrected chi connectivity index (χ3v) is 5.46. The minimum Gasteiger partial charge on any atom is -0.452 e. The van der Waals surface area contributed by atoms with Crippen LogP contribution in [0, 0.1) is 13.8 Å². The highest BCUT2D eigenvalue weighted by Crippen LogP contribution is 2.29. The number of amides is 1. The molecule has 1 aliphatic carbocycles. The van der Waals surface area contributed by atoms with Crippen LogP contribution < -0.4 is 5.32 Å². The number of benzene rings is 2. The fraction of sp³-hybridized carbons (Fsp3) is 0.320. The number of hydrogen-bond donors (Lipinski definition) is 1. The van der Waals surface area contributed by atoms with Crippen LogP contribution in [0.4, 0.5) is 5.69 Å². The average Bonchev–Trinajstić information content (AvgIpc) is 2.94. The van der Waals surface area contributed by atoms with Gasteiger partial charge in [0.25, 0.3) is 5.91 Å². The van der Waals surface area contributed by atoms with Gasteiger partial charge in [0.15, 0.2) is 6.61 Å². The Morgan fingerprint density at radius 2 is 1.73 bits per heavy atom.